The van der Waals surface area contributed by atoms with E-state index in [1.807, 2.05) is 26.0 Å². The van der Waals surface area contributed by atoms with Crippen LogP contribution in [0.3, 0.4) is 0 Å². The van der Waals surface area contributed by atoms with E-state index in [4.69, 9.17) is 4.74 Å². The molecule has 0 aliphatic rings. The average molecular weight is 340 g/mol. The van der Waals surface area contributed by atoms with Crippen LogP contribution in [0.2, 0.25) is 0 Å². The second-order valence-electron chi connectivity index (χ2n) is 5.75. The number of aromatic nitrogens is 4. The first-order valence-electron chi connectivity index (χ1n) is 7.91. The Morgan fingerprint density at radius 2 is 2.20 bits per heavy atom. The van der Waals surface area contributed by atoms with E-state index >= 15 is 0 Å². The van der Waals surface area contributed by atoms with E-state index in [2.05, 4.69) is 30.8 Å². The highest BCUT2D eigenvalue weighted by Gasteiger charge is 2.11. The van der Waals surface area contributed by atoms with Gasteiger partial charge in [-0.05, 0) is 26.0 Å². The summed E-state index contributed by atoms with van der Waals surface area (Å²) in [5.41, 5.74) is 3.48. The third kappa shape index (κ3) is 3.92. The van der Waals surface area contributed by atoms with Crippen LogP contribution < -0.4 is 10.6 Å². The van der Waals surface area contributed by atoms with E-state index in [0.29, 0.717) is 12.4 Å². The van der Waals surface area contributed by atoms with Crippen molar-refractivity contribution in [1.82, 2.24) is 25.5 Å². The molecule has 3 heterocycles. The number of anilines is 1. The van der Waals surface area contributed by atoms with Crippen LogP contribution in [-0.2, 0) is 4.74 Å². The molecule has 1 atom stereocenters. The summed E-state index contributed by atoms with van der Waals surface area (Å²) in [6.07, 6.45) is 3.39. The Kier molecular flexibility index (Phi) is 4.90. The van der Waals surface area contributed by atoms with Crippen LogP contribution in [-0.4, -0.2) is 46.0 Å². The van der Waals surface area contributed by atoms with Crippen LogP contribution in [0.25, 0.3) is 22.2 Å². The largest absolute Gasteiger partial charge is 0.380 e. The van der Waals surface area contributed by atoms with Crippen LogP contribution in [0.15, 0.2) is 30.6 Å². The first-order chi connectivity index (χ1) is 12.1. The highest BCUT2D eigenvalue weighted by atomic mass is 16.5. The SMILES string of the molecule is CO[C@@H](C)CNC(=O)Nc1cc2[nH]nc(-c3ccnc(C)c3)c2cn1. The summed E-state index contributed by atoms with van der Waals surface area (Å²) in [6, 6.07) is 5.28. The number of urea groups is 1. The molecule has 8 heteroatoms. The molecule has 0 aromatic carbocycles. The van der Waals surface area contributed by atoms with E-state index in [9.17, 15) is 4.79 Å². The van der Waals surface area contributed by atoms with Gasteiger partial charge in [0, 0.05) is 48.8 Å². The quantitative estimate of drug-likeness (QED) is 0.662. The molecule has 0 radical (unpaired) electrons. The molecule has 0 aliphatic heterocycles. The number of rotatable bonds is 5. The number of carbonyl (C=O) groups is 1. The minimum Gasteiger partial charge on any atom is -0.380 e. The lowest BCUT2D eigenvalue weighted by Crippen LogP contribution is -2.35. The van der Waals surface area contributed by atoms with Crippen molar-refractivity contribution >= 4 is 22.8 Å². The van der Waals surface area contributed by atoms with Crippen LogP contribution >= 0.6 is 0 Å². The van der Waals surface area contributed by atoms with E-state index in [0.717, 1.165) is 27.9 Å². The van der Waals surface area contributed by atoms with Crippen LogP contribution in [0.5, 0.6) is 0 Å². The number of nitrogens with zero attached hydrogens (tertiary/aromatic N) is 3. The molecule has 3 N–H and O–H groups in total. The standard InChI is InChI=1S/C17H20N6O2/c1-10-6-12(4-5-18-10)16-13-9-19-15(7-14(13)22-23-16)21-17(24)20-8-11(2)25-3/h4-7,9,11H,8H2,1-3H3,(H,22,23)(H2,19,20,21,24)/t11-/m0/s1. The van der Waals surface area contributed by atoms with Gasteiger partial charge < -0.3 is 10.1 Å². The second-order valence-corrected chi connectivity index (χ2v) is 5.75. The van der Waals surface area contributed by atoms with Crippen molar-refractivity contribution in [3.8, 4) is 11.3 Å². The van der Waals surface area contributed by atoms with E-state index in [-0.39, 0.29) is 12.1 Å². The van der Waals surface area contributed by atoms with Crippen molar-refractivity contribution < 1.29 is 9.53 Å². The Balaban J connectivity index is 1.77. The van der Waals surface area contributed by atoms with Gasteiger partial charge >= 0.3 is 6.03 Å². The van der Waals surface area contributed by atoms with E-state index < -0.39 is 0 Å². The Hall–Kier alpha value is -3.00. The number of pyridine rings is 2. The molecule has 0 unspecified atom stereocenters. The molecular formula is C17H20N6O2. The lowest BCUT2D eigenvalue weighted by Gasteiger charge is -2.11. The maximum atomic E-state index is 11.9. The predicted octanol–water partition coefficient (Wildman–Crippen LogP) is 2.48. The van der Waals surface area contributed by atoms with Gasteiger partial charge in [-0.25, -0.2) is 9.78 Å². The average Bonchev–Trinajstić information content (AvgIpc) is 3.03. The number of ether oxygens (including phenoxy) is 1. The maximum absolute atomic E-state index is 11.9. The van der Waals surface area contributed by atoms with Crippen molar-refractivity contribution in [3.05, 3.63) is 36.3 Å². The molecule has 8 nitrogen and oxygen atoms in total. The smallest absolute Gasteiger partial charge is 0.320 e. The van der Waals surface area contributed by atoms with Crippen molar-refractivity contribution in [1.29, 1.82) is 0 Å². The van der Waals surface area contributed by atoms with Crippen LogP contribution in [0.4, 0.5) is 10.6 Å². The van der Waals surface area contributed by atoms with Crippen molar-refractivity contribution in [2.75, 3.05) is 19.0 Å². The summed E-state index contributed by atoms with van der Waals surface area (Å²) < 4.78 is 5.09. The molecule has 3 aromatic heterocycles. The van der Waals surface area contributed by atoms with Gasteiger partial charge in [0.05, 0.1) is 11.6 Å². The summed E-state index contributed by atoms with van der Waals surface area (Å²) in [7, 11) is 1.60. The number of nitrogens with one attached hydrogen (secondary N) is 3. The third-order valence-corrected chi connectivity index (χ3v) is 3.81. The fraction of sp³-hybridized carbons (Fsp3) is 0.294. The summed E-state index contributed by atoms with van der Waals surface area (Å²) >= 11 is 0. The molecule has 3 rings (SSSR count). The van der Waals surface area contributed by atoms with Gasteiger partial charge in [0.2, 0.25) is 0 Å². The fourth-order valence-electron chi connectivity index (χ4n) is 2.37. The van der Waals surface area contributed by atoms with Gasteiger partial charge in [-0.1, -0.05) is 0 Å². The number of fused-ring (bicyclic) bond motifs is 1. The molecule has 0 saturated carbocycles. The van der Waals surface area contributed by atoms with Gasteiger partial charge in [-0.15, -0.1) is 0 Å². The third-order valence-electron chi connectivity index (χ3n) is 3.81. The zero-order chi connectivity index (χ0) is 17.8. The Morgan fingerprint density at radius 1 is 1.36 bits per heavy atom. The topological polar surface area (TPSA) is 105 Å². The number of aromatic amines is 1. The summed E-state index contributed by atoms with van der Waals surface area (Å²) in [4.78, 5) is 20.4. The maximum Gasteiger partial charge on any atom is 0.320 e. The highest BCUT2D eigenvalue weighted by molar-refractivity contribution is 5.95. The minimum absolute atomic E-state index is 0.0554. The summed E-state index contributed by atoms with van der Waals surface area (Å²) in [5, 5.41) is 13.6. The molecular weight excluding hydrogens is 320 g/mol. The molecule has 25 heavy (non-hydrogen) atoms. The zero-order valence-electron chi connectivity index (χ0n) is 14.3. The minimum atomic E-state index is -0.333. The highest BCUT2D eigenvalue weighted by Crippen LogP contribution is 2.26. The molecule has 0 saturated heterocycles. The van der Waals surface area contributed by atoms with Gasteiger partial charge in [0.25, 0.3) is 0 Å². The Labute approximate surface area is 145 Å². The van der Waals surface area contributed by atoms with E-state index in [1.165, 1.54) is 0 Å². The van der Waals surface area contributed by atoms with Gasteiger partial charge in [-0.3, -0.25) is 15.4 Å². The molecule has 3 aromatic rings. The summed E-state index contributed by atoms with van der Waals surface area (Å²) in [6.45, 7) is 4.22. The lowest BCUT2D eigenvalue weighted by molar-refractivity contribution is 0.119. The Morgan fingerprint density at radius 3 is 2.96 bits per heavy atom. The number of methoxy groups -OCH3 is 1. The number of aryl methyl sites for hydroxylation is 1. The van der Waals surface area contributed by atoms with Crippen LogP contribution in [0, 0.1) is 6.92 Å². The van der Waals surface area contributed by atoms with Gasteiger partial charge in [-0.2, -0.15) is 5.10 Å². The zero-order valence-corrected chi connectivity index (χ0v) is 14.3. The van der Waals surface area contributed by atoms with Gasteiger partial charge in [0.15, 0.2) is 0 Å². The molecule has 0 fully saturated rings. The van der Waals surface area contributed by atoms with Gasteiger partial charge in [0.1, 0.15) is 11.5 Å². The molecule has 0 bridgehead atoms. The number of H-pyrrole nitrogens is 1. The Bertz CT molecular complexity index is 892. The van der Waals surface area contributed by atoms with Crippen LogP contribution in [0.1, 0.15) is 12.6 Å². The summed E-state index contributed by atoms with van der Waals surface area (Å²) in [5.74, 6) is 0.441. The lowest BCUT2D eigenvalue weighted by atomic mass is 10.1. The van der Waals surface area contributed by atoms with Crippen molar-refractivity contribution in [3.63, 3.8) is 0 Å². The fourth-order valence-corrected chi connectivity index (χ4v) is 2.37. The molecule has 0 spiro atoms. The normalized spacial score (nSPS) is 12.1. The van der Waals surface area contributed by atoms with Crippen molar-refractivity contribution in [2.24, 2.45) is 0 Å². The molecule has 130 valence electrons. The number of hydrogen-bond acceptors (Lipinski definition) is 5. The molecule has 2 amide bonds. The first-order valence-corrected chi connectivity index (χ1v) is 7.91. The number of hydrogen-bond donors (Lipinski definition) is 3. The predicted molar refractivity (Wildman–Crippen MR) is 95.3 cm³/mol. The molecule has 0 aliphatic carbocycles. The van der Waals surface area contributed by atoms with Crippen molar-refractivity contribution in [2.45, 2.75) is 20.0 Å². The number of carbonyl (C=O) groups excluding carboxylic acids is 1. The monoisotopic (exact) mass is 340 g/mol. The van der Waals surface area contributed by atoms with E-state index in [1.54, 1.807) is 25.6 Å². The second kappa shape index (κ2) is 7.27. The number of amides is 2. The first kappa shape index (κ1) is 16.8.